The first-order chi connectivity index (χ1) is 9.11. The molecule has 112 valence electrons. The molecular formula is C14H27NO4. The van der Waals surface area contributed by atoms with Crippen LogP contribution in [0.1, 0.15) is 52.4 Å². The molecule has 0 saturated carbocycles. The Bertz CT molecular complexity index is 256. The Morgan fingerprint density at radius 2 is 1.58 bits per heavy atom. The highest BCUT2D eigenvalue weighted by molar-refractivity contribution is 5.77. The second-order valence-electron chi connectivity index (χ2n) is 4.61. The Kier molecular flexibility index (Phi) is 11.0. The van der Waals surface area contributed by atoms with E-state index in [1.807, 2.05) is 6.92 Å². The van der Waals surface area contributed by atoms with Gasteiger partial charge in [0.2, 0.25) is 0 Å². The molecule has 0 aromatic heterocycles. The third-order valence-electron chi connectivity index (χ3n) is 2.62. The summed E-state index contributed by atoms with van der Waals surface area (Å²) in [6.07, 6.45) is 5.84. The third kappa shape index (κ3) is 10.4. The first-order valence-electron chi connectivity index (χ1n) is 7.15. The highest BCUT2D eigenvalue weighted by Crippen LogP contribution is 2.02. The average Bonchev–Trinajstić information content (AvgIpc) is 2.39. The molecule has 0 aromatic carbocycles. The number of esters is 1. The zero-order valence-corrected chi connectivity index (χ0v) is 12.4. The Hall–Kier alpha value is -1.26. The molecular weight excluding hydrogens is 246 g/mol. The van der Waals surface area contributed by atoms with E-state index in [-0.39, 0.29) is 12.5 Å². The van der Waals surface area contributed by atoms with Gasteiger partial charge in [-0.05, 0) is 12.8 Å². The van der Waals surface area contributed by atoms with Crippen LogP contribution < -0.4 is 0 Å². The summed E-state index contributed by atoms with van der Waals surface area (Å²) in [5.41, 5.74) is 0. The van der Waals surface area contributed by atoms with E-state index in [0.717, 1.165) is 19.3 Å². The van der Waals surface area contributed by atoms with Gasteiger partial charge in [0.15, 0.2) is 0 Å². The number of rotatable bonds is 10. The highest BCUT2D eigenvalue weighted by atomic mass is 16.6. The quantitative estimate of drug-likeness (QED) is 0.453. The van der Waals surface area contributed by atoms with Gasteiger partial charge in [-0.3, -0.25) is 4.79 Å². The molecule has 19 heavy (non-hydrogen) atoms. The fraction of sp³-hybridized carbons (Fsp3) is 0.857. The van der Waals surface area contributed by atoms with Gasteiger partial charge >= 0.3 is 12.1 Å². The zero-order valence-electron chi connectivity index (χ0n) is 12.4. The summed E-state index contributed by atoms with van der Waals surface area (Å²) in [7, 11) is 1.53. The van der Waals surface area contributed by atoms with Crippen molar-refractivity contribution in [1.29, 1.82) is 0 Å². The standard InChI is InChI=1S/C14H27NO4/c1-4-6-7-8-9-11-18-13(16)12-15(3)14(17)19-10-5-2/h4-12H2,1-3H3. The summed E-state index contributed by atoms with van der Waals surface area (Å²) in [6.45, 7) is 4.82. The smallest absolute Gasteiger partial charge is 0.410 e. The maximum Gasteiger partial charge on any atom is 0.410 e. The Morgan fingerprint density at radius 1 is 0.895 bits per heavy atom. The lowest BCUT2D eigenvalue weighted by Gasteiger charge is -2.15. The molecule has 5 heteroatoms. The molecule has 0 unspecified atom stereocenters. The molecule has 0 atom stereocenters. The van der Waals surface area contributed by atoms with Crippen molar-refractivity contribution in [2.75, 3.05) is 26.8 Å². The number of likely N-dealkylation sites (N-methyl/N-ethyl adjacent to an activating group) is 1. The Balaban J connectivity index is 3.59. The summed E-state index contributed by atoms with van der Waals surface area (Å²) < 4.78 is 9.96. The molecule has 5 nitrogen and oxygen atoms in total. The van der Waals surface area contributed by atoms with Crippen LogP contribution in [0.25, 0.3) is 0 Å². The molecule has 0 aliphatic rings. The van der Waals surface area contributed by atoms with Crippen LogP contribution in [0.15, 0.2) is 0 Å². The molecule has 0 N–H and O–H groups in total. The van der Waals surface area contributed by atoms with Gasteiger partial charge in [0.1, 0.15) is 6.54 Å². The monoisotopic (exact) mass is 273 g/mol. The van der Waals surface area contributed by atoms with Crippen molar-refractivity contribution < 1.29 is 19.1 Å². The van der Waals surface area contributed by atoms with Crippen molar-refractivity contribution in [1.82, 2.24) is 4.90 Å². The summed E-state index contributed by atoms with van der Waals surface area (Å²) in [5, 5.41) is 0. The average molecular weight is 273 g/mol. The molecule has 0 saturated heterocycles. The van der Waals surface area contributed by atoms with E-state index in [9.17, 15) is 9.59 Å². The molecule has 0 heterocycles. The molecule has 0 rings (SSSR count). The lowest BCUT2D eigenvalue weighted by Crippen LogP contribution is -2.33. The lowest BCUT2D eigenvalue weighted by molar-refractivity contribution is -0.144. The molecule has 0 bridgehead atoms. The van der Waals surface area contributed by atoms with Gasteiger partial charge in [0.25, 0.3) is 0 Å². The van der Waals surface area contributed by atoms with Crippen LogP contribution in [0.3, 0.4) is 0 Å². The minimum atomic E-state index is -0.484. The van der Waals surface area contributed by atoms with Gasteiger partial charge in [-0.25, -0.2) is 4.79 Å². The van der Waals surface area contributed by atoms with Crippen molar-refractivity contribution in [3.05, 3.63) is 0 Å². The second kappa shape index (κ2) is 11.8. The number of amides is 1. The van der Waals surface area contributed by atoms with Crippen molar-refractivity contribution >= 4 is 12.1 Å². The largest absolute Gasteiger partial charge is 0.464 e. The molecule has 1 amide bonds. The molecule has 0 aliphatic carbocycles. The number of carbonyl (C=O) groups is 2. The van der Waals surface area contributed by atoms with E-state index < -0.39 is 6.09 Å². The first kappa shape index (κ1) is 17.7. The third-order valence-corrected chi connectivity index (χ3v) is 2.62. The zero-order chi connectivity index (χ0) is 14.5. The summed E-state index contributed by atoms with van der Waals surface area (Å²) >= 11 is 0. The maximum absolute atomic E-state index is 11.4. The minimum Gasteiger partial charge on any atom is -0.464 e. The van der Waals surface area contributed by atoms with E-state index >= 15 is 0 Å². The number of ether oxygens (including phenoxy) is 2. The van der Waals surface area contributed by atoms with Crippen molar-refractivity contribution in [3.63, 3.8) is 0 Å². The second-order valence-corrected chi connectivity index (χ2v) is 4.61. The number of carbonyl (C=O) groups excluding carboxylic acids is 2. The van der Waals surface area contributed by atoms with Crippen LogP contribution in [0.2, 0.25) is 0 Å². The van der Waals surface area contributed by atoms with Crippen LogP contribution in [-0.2, 0) is 14.3 Å². The summed E-state index contributed by atoms with van der Waals surface area (Å²) in [5.74, 6) is -0.383. The van der Waals surface area contributed by atoms with E-state index in [2.05, 4.69) is 6.92 Å². The van der Waals surface area contributed by atoms with E-state index in [0.29, 0.717) is 13.2 Å². The molecule has 0 spiro atoms. The van der Waals surface area contributed by atoms with E-state index in [1.54, 1.807) is 0 Å². The van der Waals surface area contributed by atoms with Gasteiger partial charge in [0.05, 0.1) is 13.2 Å². The Morgan fingerprint density at radius 3 is 2.21 bits per heavy atom. The van der Waals surface area contributed by atoms with Gasteiger partial charge in [0, 0.05) is 7.05 Å². The van der Waals surface area contributed by atoms with Crippen LogP contribution in [0.5, 0.6) is 0 Å². The number of nitrogens with zero attached hydrogens (tertiary/aromatic N) is 1. The fourth-order valence-electron chi connectivity index (χ4n) is 1.50. The normalized spacial score (nSPS) is 10.1. The maximum atomic E-state index is 11.4. The SMILES string of the molecule is CCCCCCCOC(=O)CN(C)C(=O)OCCC. The topological polar surface area (TPSA) is 55.8 Å². The van der Waals surface area contributed by atoms with Crippen LogP contribution in [-0.4, -0.2) is 43.8 Å². The summed E-state index contributed by atoms with van der Waals surface area (Å²) in [6, 6.07) is 0. The lowest BCUT2D eigenvalue weighted by atomic mass is 10.2. The molecule has 0 aromatic rings. The predicted molar refractivity (Wildman–Crippen MR) is 74.0 cm³/mol. The number of hydrogen-bond donors (Lipinski definition) is 0. The predicted octanol–water partition coefficient (Wildman–Crippen LogP) is 2.98. The van der Waals surface area contributed by atoms with Crippen molar-refractivity contribution in [2.45, 2.75) is 52.4 Å². The molecule has 0 fully saturated rings. The van der Waals surface area contributed by atoms with Crippen molar-refractivity contribution in [2.24, 2.45) is 0 Å². The molecule has 0 radical (unpaired) electrons. The van der Waals surface area contributed by atoms with Crippen LogP contribution >= 0.6 is 0 Å². The van der Waals surface area contributed by atoms with E-state index in [1.165, 1.54) is 31.2 Å². The fourth-order valence-corrected chi connectivity index (χ4v) is 1.50. The first-order valence-corrected chi connectivity index (χ1v) is 7.15. The number of unbranched alkanes of at least 4 members (excludes halogenated alkanes) is 4. The number of hydrogen-bond acceptors (Lipinski definition) is 4. The van der Waals surface area contributed by atoms with Gasteiger partial charge < -0.3 is 14.4 Å². The van der Waals surface area contributed by atoms with E-state index in [4.69, 9.17) is 9.47 Å². The van der Waals surface area contributed by atoms with Gasteiger partial charge in [-0.1, -0.05) is 39.5 Å². The molecule has 0 aliphatic heterocycles. The summed E-state index contributed by atoms with van der Waals surface area (Å²) in [4.78, 5) is 24.1. The Labute approximate surface area is 116 Å². The highest BCUT2D eigenvalue weighted by Gasteiger charge is 2.14. The minimum absolute atomic E-state index is 0.0580. The van der Waals surface area contributed by atoms with Gasteiger partial charge in [-0.15, -0.1) is 0 Å². The van der Waals surface area contributed by atoms with Crippen LogP contribution in [0, 0.1) is 0 Å². The van der Waals surface area contributed by atoms with Crippen LogP contribution in [0.4, 0.5) is 4.79 Å². The van der Waals surface area contributed by atoms with Crippen molar-refractivity contribution in [3.8, 4) is 0 Å². The van der Waals surface area contributed by atoms with Gasteiger partial charge in [-0.2, -0.15) is 0 Å².